The molecule has 0 amide bonds. The molecule has 16 heteroatoms. The Morgan fingerprint density at radius 3 is 1.91 bits per heavy atom. The van der Waals surface area contributed by atoms with Crippen LogP contribution in [0.4, 0.5) is 0 Å². The predicted octanol–water partition coefficient (Wildman–Crippen LogP) is 9.01. The van der Waals surface area contributed by atoms with Gasteiger partial charge in [-0.05, 0) is 68.3 Å². The number of imidazole rings is 1. The number of halogens is 3. The van der Waals surface area contributed by atoms with Crippen molar-refractivity contribution in [2.45, 2.75) is 16.1 Å². The fourth-order valence-corrected chi connectivity index (χ4v) is 9.01. The number of alkyl halides is 1. The van der Waals surface area contributed by atoms with Gasteiger partial charge in [-0.3, -0.25) is 18.7 Å². The summed E-state index contributed by atoms with van der Waals surface area (Å²) in [4.78, 5) is 52.3. The van der Waals surface area contributed by atoms with Crippen LogP contribution in [0.15, 0.2) is 108 Å². The summed E-state index contributed by atoms with van der Waals surface area (Å²) in [6, 6.07) is 22.8. The Balaban J connectivity index is 0.000000221. The van der Waals surface area contributed by atoms with Gasteiger partial charge in [-0.2, -0.15) is 0 Å². The first-order valence-corrected chi connectivity index (χ1v) is 19.1. The highest BCUT2D eigenvalue weighted by Crippen LogP contribution is 2.30. The fourth-order valence-electron chi connectivity index (χ4n) is 4.84. The summed E-state index contributed by atoms with van der Waals surface area (Å²) in [5.74, 6) is 1.84. The molecule has 1 N–H and O–H groups in total. The number of hydrogen-bond acceptors (Lipinski definition) is 10. The summed E-state index contributed by atoms with van der Waals surface area (Å²) >= 11 is 14.7. The zero-order valence-electron chi connectivity index (χ0n) is 27.8. The molecule has 0 aliphatic rings. The standard InChI is InChI=1S/C18H11BrN6OS2.C13H8Br2N2OS.3H2/c19-12-6-11-16(28-12)24-13(25(18(11)26)10-4-2-1-3-5-10)7-27-17-14-15(21-8-20-14)22-9-23-17;14-7-11-16-12-9(6-10(15)19-12)13(18)17(11)8-4-2-1-3-5-8;;;/h1-6,8-9H,7H2,(H,20,21,22,23);1-6H,7H2;3*1H/i;;2*1+1D;1+1. The summed E-state index contributed by atoms with van der Waals surface area (Å²) in [5.41, 5.74) is 2.90. The first-order chi connectivity index (χ1) is 24.9. The van der Waals surface area contributed by atoms with Crippen molar-refractivity contribution >= 4 is 114 Å². The normalized spacial score (nSPS) is 11.6. The highest BCUT2D eigenvalue weighted by atomic mass is 79.9. The van der Waals surface area contributed by atoms with E-state index in [2.05, 4.69) is 72.7 Å². The molecule has 8 rings (SSSR count). The monoisotopic (exact) mass is 879 g/mol. The van der Waals surface area contributed by atoms with Crippen molar-refractivity contribution in [1.29, 1.82) is 0 Å². The van der Waals surface area contributed by atoms with Crippen LogP contribution in [-0.2, 0) is 11.1 Å². The molecule has 0 saturated heterocycles. The molecule has 0 aliphatic carbocycles. The molecule has 47 heavy (non-hydrogen) atoms. The van der Waals surface area contributed by atoms with Gasteiger partial charge in [-0.25, -0.2) is 24.9 Å². The first kappa shape index (κ1) is 29.6. The van der Waals surface area contributed by atoms with Crippen LogP contribution in [0.2, 0.25) is 0 Å². The van der Waals surface area contributed by atoms with Crippen molar-refractivity contribution < 1.29 is 7.37 Å². The molecule has 0 radical (unpaired) electrons. The van der Waals surface area contributed by atoms with Crippen LogP contribution in [0.25, 0.3) is 43.0 Å². The van der Waals surface area contributed by atoms with Crippen LogP contribution in [0, 0.1) is 0 Å². The molecule has 6 heterocycles. The van der Waals surface area contributed by atoms with E-state index in [1.165, 1.54) is 40.8 Å². The van der Waals surface area contributed by atoms with Crippen molar-refractivity contribution in [3.8, 4) is 11.4 Å². The summed E-state index contributed by atoms with van der Waals surface area (Å²) in [6.45, 7) is 0. The second-order valence-corrected chi connectivity index (χ2v) is 16.1. The third-order valence-corrected chi connectivity index (χ3v) is 11.4. The summed E-state index contributed by atoms with van der Waals surface area (Å²) in [6.07, 6.45) is 3.08. The molecule has 0 fully saturated rings. The zero-order valence-corrected chi connectivity index (χ0v) is 31.0. The Hall–Kier alpha value is -3.54. The van der Waals surface area contributed by atoms with Crippen LogP contribution < -0.4 is 11.1 Å². The highest BCUT2D eigenvalue weighted by molar-refractivity contribution is 9.11. The minimum absolute atomic E-state index is 0. The van der Waals surface area contributed by atoms with Gasteiger partial charge >= 0.3 is 0 Å². The van der Waals surface area contributed by atoms with Crippen molar-refractivity contribution in [3.05, 3.63) is 125 Å². The second kappa shape index (κ2) is 13.9. The molecule has 10 nitrogen and oxygen atoms in total. The minimum atomic E-state index is -0.0804. The van der Waals surface area contributed by atoms with Crippen LogP contribution >= 0.6 is 82.2 Å². The second-order valence-electron chi connectivity index (χ2n) is 9.75. The van der Waals surface area contributed by atoms with Crippen molar-refractivity contribution in [1.82, 2.24) is 39.0 Å². The Morgan fingerprint density at radius 2 is 1.34 bits per heavy atom. The van der Waals surface area contributed by atoms with Crippen LogP contribution in [0.5, 0.6) is 0 Å². The average molecular weight is 883 g/mol. The van der Waals surface area contributed by atoms with Crippen molar-refractivity contribution in [3.63, 3.8) is 0 Å². The van der Waals surface area contributed by atoms with E-state index in [1.807, 2.05) is 72.8 Å². The minimum Gasteiger partial charge on any atom is -0.341 e. The summed E-state index contributed by atoms with van der Waals surface area (Å²) < 4.78 is 25.1. The lowest BCUT2D eigenvalue weighted by Gasteiger charge is -2.12. The summed E-state index contributed by atoms with van der Waals surface area (Å²) in [5, 5.41) is 2.55. The number of rotatable bonds is 6. The van der Waals surface area contributed by atoms with Crippen LogP contribution in [-0.4, -0.2) is 39.0 Å². The van der Waals surface area contributed by atoms with E-state index >= 15 is 0 Å². The van der Waals surface area contributed by atoms with E-state index in [9.17, 15) is 9.59 Å². The molecular formula is C31H25Br3N8O2S3. The largest absolute Gasteiger partial charge is 0.341 e. The molecule has 8 aromatic rings. The van der Waals surface area contributed by atoms with Crippen molar-refractivity contribution in [2.24, 2.45) is 0 Å². The number of aromatic nitrogens is 8. The van der Waals surface area contributed by atoms with E-state index in [1.54, 1.807) is 15.5 Å². The molecule has 240 valence electrons. The number of aromatic amines is 1. The lowest BCUT2D eigenvalue weighted by atomic mass is 10.3. The molecule has 0 aliphatic heterocycles. The number of para-hydroxylation sites is 2. The van der Waals surface area contributed by atoms with Gasteiger partial charge in [-0.1, -0.05) is 64.1 Å². The molecule has 0 bridgehead atoms. The molecule has 0 spiro atoms. The Bertz CT molecular complexity index is 2520. The maximum absolute atomic E-state index is 13.2. The van der Waals surface area contributed by atoms with Gasteiger partial charge in [0, 0.05) is 7.37 Å². The van der Waals surface area contributed by atoms with Crippen molar-refractivity contribution in [2.75, 3.05) is 0 Å². The third kappa shape index (κ3) is 6.49. The Morgan fingerprint density at radius 1 is 0.787 bits per heavy atom. The zero-order chi connectivity index (χ0) is 36.5. The van der Waals surface area contributed by atoms with E-state index in [4.69, 9.17) is 10.9 Å². The average Bonchev–Trinajstić information content (AvgIpc) is 3.91. The van der Waals surface area contributed by atoms with Gasteiger partial charge in [0.05, 0.1) is 47.1 Å². The third-order valence-electron chi connectivity index (χ3n) is 6.88. The fraction of sp³-hybridized carbons (Fsp3) is 0.0645. The lowest BCUT2D eigenvalue weighted by molar-refractivity contribution is 0.886. The maximum Gasteiger partial charge on any atom is 0.266 e. The molecular weight excluding hydrogens is 852 g/mol. The lowest BCUT2D eigenvalue weighted by Crippen LogP contribution is -2.22. The smallest absolute Gasteiger partial charge is 0.266 e. The van der Waals surface area contributed by atoms with E-state index in [0.717, 1.165) is 34.3 Å². The van der Waals surface area contributed by atoms with Crippen LogP contribution in [0.1, 0.15) is 19.0 Å². The number of nitrogens with zero attached hydrogens (tertiary/aromatic N) is 7. The van der Waals surface area contributed by atoms with E-state index in [0.29, 0.717) is 44.0 Å². The van der Waals surface area contributed by atoms with Gasteiger partial charge < -0.3 is 4.98 Å². The maximum atomic E-state index is 13.2. The Labute approximate surface area is 311 Å². The Kier molecular flexibility index (Phi) is 8.75. The number of fused-ring (bicyclic) bond motifs is 3. The number of thiophene rings is 2. The van der Waals surface area contributed by atoms with E-state index in [-0.39, 0.29) is 12.5 Å². The first-order valence-electron chi connectivity index (χ1n) is 15.8. The molecule has 0 unspecified atom stereocenters. The number of hydrogen-bond donors (Lipinski definition) is 1. The van der Waals surface area contributed by atoms with Gasteiger partial charge in [0.15, 0.2) is 5.65 Å². The molecule has 6 aromatic heterocycles. The van der Waals surface area contributed by atoms with Gasteiger partial charge in [0.2, 0.25) is 0 Å². The molecule has 0 atom stereocenters. The number of H-pyrrole nitrogens is 1. The quantitative estimate of drug-likeness (QED) is 0.0998. The molecule has 0 saturated carbocycles. The van der Waals surface area contributed by atoms with Gasteiger partial charge in [0.25, 0.3) is 11.1 Å². The SMILES string of the molecule is O=c1c2cc(Br)sc2nc(CBr)n1-c1ccccc1.O=c1c2cc(Br)sc2nc(CSc2ncnc3nc[nH]c23)n1-c1ccccc1.[2HH].[2H][2H].[2H][2H]. The number of thioether (sulfide) groups is 1. The highest BCUT2D eigenvalue weighted by Gasteiger charge is 2.17. The number of nitrogens with one attached hydrogen (secondary N) is 1. The van der Waals surface area contributed by atoms with Crippen LogP contribution in [0.3, 0.4) is 0 Å². The topological polar surface area (TPSA) is 124 Å². The number of benzene rings is 2. The van der Waals surface area contributed by atoms with Gasteiger partial charge in [0.1, 0.15) is 38.2 Å². The van der Waals surface area contributed by atoms with Gasteiger partial charge in [-0.15, -0.1) is 22.7 Å². The van der Waals surface area contributed by atoms with E-state index < -0.39 is 0 Å². The summed E-state index contributed by atoms with van der Waals surface area (Å²) in [7, 11) is 0. The molecule has 2 aromatic carbocycles. The predicted molar refractivity (Wildman–Crippen MR) is 206 cm³/mol.